The minimum atomic E-state index is -0.131. The van der Waals surface area contributed by atoms with Crippen molar-refractivity contribution >= 4 is 0 Å². The van der Waals surface area contributed by atoms with Crippen LogP contribution >= 0.6 is 0 Å². The van der Waals surface area contributed by atoms with Crippen LogP contribution in [0.15, 0.2) is 60.8 Å². The maximum absolute atomic E-state index is 8.97. The fraction of sp³-hybridized carbons (Fsp3) is 0.565. The molecule has 2 atom stereocenters. The lowest BCUT2D eigenvalue weighted by atomic mass is 10.2. The molecule has 1 N–H and O–H groups in total. The van der Waals surface area contributed by atoms with Gasteiger partial charge in [0.2, 0.25) is 0 Å². The van der Waals surface area contributed by atoms with E-state index in [-0.39, 0.29) is 19.0 Å². The number of hydrogen-bond donors (Lipinski definition) is 1. The Kier molecular flexibility index (Phi) is 14.8. The first-order chi connectivity index (χ1) is 12.9. The second-order valence-electron chi connectivity index (χ2n) is 6.34. The van der Waals surface area contributed by atoms with Crippen LogP contribution in [0.3, 0.4) is 0 Å². The number of allylic oxidation sites excluding steroid dienone is 10. The lowest BCUT2D eigenvalue weighted by molar-refractivity contribution is -0.0697. The zero-order valence-corrected chi connectivity index (χ0v) is 16.3. The average Bonchev–Trinajstić information content (AvgIpc) is 3.12. The Hall–Kier alpha value is -1.42. The summed E-state index contributed by atoms with van der Waals surface area (Å²) in [4.78, 5) is 0. The average molecular weight is 361 g/mol. The van der Waals surface area contributed by atoms with Gasteiger partial charge in [0, 0.05) is 0 Å². The first-order valence-electron chi connectivity index (χ1n) is 9.99. The molecule has 26 heavy (non-hydrogen) atoms. The van der Waals surface area contributed by atoms with Crippen molar-refractivity contribution in [2.45, 2.75) is 70.7 Å². The van der Waals surface area contributed by atoms with E-state index >= 15 is 0 Å². The number of aliphatic hydroxyl groups is 1. The lowest BCUT2D eigenvalue weighted by Crippen LogP contribution is -2.16. The van der Waals surface area contributed by atoms with Crippen molar-refractivity contribution in [1.82, 2.24) is 0 Å². The van der Waals surface area contributed by atoms with E-state index in [9.17, 15) is 0 Å². The van der Waals surface area contributed by atoms with Gasteiger partial charge in [0.05, 0.1) is 13.2 Å². The Labute approximate surface area is 159 Å². The molecule has 0 aliphatic carbocycles. The zero-order chi connectivity index (χ0) is 18.7. The molecule has 0 aromatic rings. The van der Waals surface area contributed by atoms with Crippen LogP contribution < -0.4 is 0 Å². The van der Waals surface area contributed by atoms with E-state index in [4.69, 9.17) is 14.6 Å². The van der Waals surface area contributed by atoms with Crippen molar-refractivity contribution in [3.63, 3.8) is 0 Å². The van der Waals surface area contributed by atoms with Gasteiger partial charge in [-0.15, -0.1) is 0 Å². The summed E-state index contributed by atoms with van der Waals surface area (Å²) in [7, 11) is 0. The quantitative estimate of drug-likeness (QED) is 0.322. The van der Waals surface area contributed by atoms with Crippen LogP contribution in [-0.2, 0) is 9.47 Å². The first kappa shape index (κ1) is 22.6. The Morgan fingerprint density at radius 2 is 1.35 bits per heavy atom. The summed E-state index contributed by atoms with van der Waals surface area (Å²) in [5.41, 5.74) is 0. The highest BCUT2D eigenvalue weighted by molar-refractivity contribution is 5.00. The van der Waals surface area contributed by atoms with E-state index in [0.29, 0.717) is 6.61 Å². The predicted molar refractivity (Wildman–Crippen MR) is 110 cm³/mol. The fourth-order valence-electron chi connectivity index (χ4n) is 2.53. The van der Waals surface area contributed by atoms with Gasteiger partial charge in [-0.3, -0.25) is 0 Å². The summed E-state index contributed by atoms with van der Waals surface area (Å²) in [5.74, 6) is 0. The molecule has 1 fully saturated rings. The molecule has 1 aliphatic heterocycles. The summed E-state index contributed by atoms with van der Waals surface area (Å²) in [6.07, 6.45) is 30.0. The fourth-order valence-corrected chi connectivity index (χ4v) is 2.53. The molecule has 2 unspecified atom stereocenters. The highest BCUT2D eigenvalue weighted by atomic mass is 16.7. The van der Waals surface area contributed by atoms with E-state index in [1.807, 2.05) is 0 Å². The summed E-state index contributed by atoms with van der Waals surface area (Å²) in [5, 5.41) is 8.97. The van der Waals surface area contributed by atoms with Crippen LogP contribution in [0.5, 0.6) is 0 Å². The van der Waals surface area contributed by atoms with Crippen molar-refractivity contribution in [2.75, 3.05) is 13.2 Å². The van der Waals surface area contributed by atoms with Crippen molar-refractivity contribution in [1.29, 1.82) is 0 Å². The number of rotatable bonds is 14. The van der Waals surface area contributed by atoms with Crippen LogP contribution in [0.25, 0.3) is 0 Å². The Balaban J connectivity index is 1.91. The Morgan fingerprint density at radius 1 is 0.808 bits per heavy atom. The smallest absolute Gasteiger partial charge is 0.158 e. The van der Waals surface area contributed by atoms with Crippen LogP contribution in [-0.4, -0.2) is 30.7 Å². The number of hydrogen-bond acceptors (Lipinski definition) is 3. The van der Waals surface area contributed by atoms with Crippen molar-refractivity contribution in [2.24, 2.45) is 0 Å². The number of unbranched alkanes of at least 4 members (excludes halogenated alkanes) is 1. The first-order valence-corrected chi connectivity index (χ1v) is 9.99. The third-order valence-electron chi connectivity index (χ3n) is 3.98. The number of ether oxygens (including phenoxy) is 2. The second kappa shape index (κ2) is 17.0. The van der Waals surface area contributed by atoms with Gasteiger partial charge >= 0.3 is 0 Å². The lowest BCUT2D eigenvalue weighted by Gasteiger charge is -2.08. The maximum atomic E-state index is 8.97. The molecule has 0 bridgehead atoms. The maximum Gasteiger partial charge on any atom is 0.158 e. The molecule has 0 saturated carbocycles. The molecule has 3 nitrogen and oxygen atoms in total. The molecule has 1 rings (SSSR count). The Morgan fingerprint density at radius 3 is 1.85 bits per heavy atom. The molecule has 0 aromatic heterocycles. The topological polar surface area (TPSA) is 38.7 Å². The van der Waals surface area contributed by atoms with Gasteiger partial charge in [0.1, 0.15) is 6.10 Å². The SMILES string of the molecule is CC/C=C\C/C=C\C/C=C\C/C=C\C/C=C\CCCC1OCC(CO)O1. The third kappa shape index (κ3) is 12.9. The highest BCUT2D eigenvalue weighted by Crippen LogP contribution is 2.16. The van der Waals surface area contributed by atoms with E-state index < -0.39 is 0 Å². The molecule has 1 aliphatic rings. The van der Waals surface area contributed by atoms with Gasteiger partial charge in [-0.1, -0.05) is 67.7 Å². The highest BCUT2D eigenvalue weighted by Gasteiger charge is 2.24. The van der Waals surface area contributed by atoms with E-state index in [0.717, 1.165) is 51.4 Å². The molecular weight excluding hydrogens is 324 g/mol. The molecule has 0 radical (unpaired) electrons. The van der Waals surface area contributed by atoms with Crippen LogP contribution in [0.1, 0.15) is 58.3 Å². The standard InChI is InChI=1S/C23H36O3/c1-2-3-4-5-6-7-8-9-10-11-12-13-14-15-16-17-18-19-23-25-21-22(20-24)26-23/h3-4,6-7,9-10,12-13,15-16,22-24H,2,5,8,11,14,17-21H2,1H3/b4-3-,7-6-,10-9-,13-12-,16-15-. The molecule has 1 heterocycles. The minimum Gasteiger partial charge on any atom is -0.394 e. The minimum absolute atomic E-state index is 0.0469. The molecule has 0 spiro atoms. The normalized spacial score (nSPS) is 21.6. The summed E-state index contributed by atoms with van der Waals surface area (Å²) in [6, 6.07) is 0. The van der Waals surface area contributed by atoms with Crippen LogP contribution in [0, 0.1) is 0 Å². The van der Waals surface area contributed by atoms with Gasteiger partial charge in [-0.25, -0.2) is 0 Å². The predicted octanol–water partition coefficient (Wildman–Crippen LogP) is 5.64. The summed E-state index contributed by atoms with van der Waals surface area (Å²) >= 11 is 0. The molecule has 3 heteroatoms. The van der Waals surface area contributed by atoms with E-state index in [1.54, 1.807) is 0 Å². The van der Waals surface area contributed by atoms with Gasteiger partial charge in [0.15, 0.2) is 6.29 Å². The van der Waals surface area contributed by atoms with Crippen LogP contribution in [0.2, 0.25) is 0 Å². The molecule has 1 saturated heterocycles. The van der Waals surface area contributed by atoms with Gasteiger partial charge < -0.3 is 14.6 Å². The van der Waals surface area contributed by atoms with Crippen molar-refractivity contribution < 1.29 is 14.6 Å². The summed E-state index contributed by atoms with van der Waals surface area (Å²) < 4.78 is 11.0. The van der Waals surface area contributed by atoms with Gasteiger partial charge in [0.25, 0.3) is 0 Å². The molecule has 0 aromatic carbocycles. The largest absolute Gasteiger partial charge is 0.394 e. The molecular formula is C23H36O3. The zero-order valence-electron chi connectivity index (χ0n) is 16.3. The second-order valence-corrected chi connectivity index (χ2v) is 6.34. The number of aliphatic hydroxyl groups excluding tert-OH is 1. The monoisotopic (exact) mass is 360 g/mol. The van der Waals surface area contributed by atoms with Crippen molar-refractivity contribution in [3.05, 3.63) is 60.8 Å². The van der Waals surface area contributed by atoms with E-state index in [2.05, 4.69) is 67.7 Å². The summed E-state index contributed by atoms with van der Waals surface area (Å²) in [6.45, 7) is 2.72. The van der Waals surface area contributed by atoms with Crippen molar-refractivity contribution in [3.8, 4) is 0 Å². The van der Waals surface area contributed by atoms with Gasteiger partial charge in [-0.2, -0.15) is 0 Å². The van der Waals surface area contributed by atoms with Gasteiger partial charge in [-0.05, 0) is 51.4 Å². The van der Waals surface area contributed by atoms with E-state index in [1.165, 1.54) is 0 Å². The Bertz CT molecular complexity index is 460. The van der Waals surface area contributed by atoms with Crippen LogP contribution in [0.4, 0.5) is 0 Å². The molecule has 146 valence electrons. The molecule has 0 amide bonds. The third-order valence-corrected chi connectivity index (χ3v) is 3.98.